The summed E-state index contributed by atoms with van der Waals surface area (Å²) in [4.78, 5) is 27.3. The molecule has 5 heteroatoms. The summed E-state index contributed by atoms with van der Waals surface area (Å²) in [7, 11) is 0. The molecule has 3 aromatic carbocycles. The van der Waals surface area contributed by atoms with E-state index < -0.39 is 5.78 Å². The van der Waals surface area contributed by atoms with Crippen LogP contribution in [0.3, 0.4) is 0 Å². The molecule has 25 heavy (non-hydrogen) atoms. The van der Waals surface area contributed by atoms with Gasteiger partial charge >= 0.3 is 0 Å². The smallest absolute Gasteiger partial charge is 0.202 e. The topological polar surface area (TPSA) is 74.6 Å². The molecule has 0 saturated heterocycles. The third kappa shape index (κ3) is 2.40. The molecular formula is C20H12O4S. The van der Waals surface area contributed by atoms with E-state index in [1.54, 1.807) is 6.07 Å². The first kappa shape index (κ1) is 15.5. The summed E-state index contributed by atoms with van der Waals surface area (Å²) in [5.41, 5.74) is 0.215. The monoisotopic (exact) mass is 348 g/mol. The van der Waals surface area contributed by atoms with Crippen molar-refractivity contribution in [2.45, 2.75) is 9.79 Å². The second kappa shape index (κ2) is 5.79. The molecule has 0 bridgehead atoms. The summed E-state index contributed by atoms with van der Waals surface area (Å²) in [6, 6.07) is 16.9. The number of aromatic hydroxyl groups is 2. The molecular weight excluding hydrogens is 336 g/mol. The molecule has 0 aliphatic heterocycles. The van der Waals surface area contributed by atoms with Crippen molar-refractivity contribution in [1.29, 1.82) is 0 Å². The summed E-state index contributed by atoms with van der Waals surface area (Å²) in [5.74, 6) is -1.45. The fourth-order valence-electron chi connectivity index (χ4n) is 2.96. The molecule has 0 saturated carbocycles. The Labute approximate surface area is 147 Å². The average Bonchev–Trinajstić information content (AvgIpc) is 2.62. The third-order valence-corrected chi connectivity index (χ3v) is 5.15. The number of rotatable bonds is 2. The number of ketones is 2. The lowest BCUT2D eigenvalue weighted by molar-refractivity contribution is 0.0972. The van der Waals surface area contributed by atoms with Crippen molar-refractivity contribution in [1.82, 2.24) is 0 Å². The van der Waals surface area contributed by atoms with Gasteiger partial charge in [-0.25, -0.2) is 0 Å². The number of hydrogen-bond acceptors (Lipinski definition) is 5. The molecule has 0 spiro atoms. The third-order valence-electron chi connectivity index (χ3n) is 4.08. The van der Waals surface area contributed by atoms with Gasteiger partial charge in [0.15, 0.2) is 5.78 Å². The van der Waals surface area contributed by atoms with Crippen LogP contribution in [-0.4, -0.2) is 21.8 Å². The molecule has 0 unspecified atom stereocenters. The molecule has 122 valence electrons. The number of carbonyl (C=O) groups is 2. The van der Waals surface area contributed by atoms with Crippen molar-refractivity contribution in [3.8, 4) is 11.5 Å². The quantitative estimate of drug-likeness (QED) is 0.572. The second-order valence-electron chi connectivity index (χ2n) is 5.61. The predicted octanol–water partition coefficient (Wildman–Crippen LogP) is 4.02. The number of phenols is 2. The molecule has 4 rings (SSSR count). The maximum absolute atomic E-state index is 13.0. The van der Waals surface area contributed by atoms with E-state index in [0.717, 1.165) is 4.90 Å². The van der Waals surface area contributed by atoms with E-state index in [1.165, 1.54) is 36.0 Å². The van der Waals surface area contributed by atoms with Crippen LogP contribution in [-0.2, 0) is 0 Å². The summed E-state index contributed by atoms with van der Waals surface area (Å²) in [6.07, 6.45) is 0. The molecule has 2 N–H and O–H groups in total. The van der Waals surface area contributed by atoms with E-state index in [-0.39, 0.29) is 39.5 Å². The fourth-order valence-corrected chi connectivity index (χ4v) is 3.94. The Morgan fingerprint density at radius 2 is 1.36 bits per heavy atom. The van der Waals surface area contributed by atoms with Crippen molar-refractivity contribution in [2.24, 2.45) is 0 Å². The SMILES string of the molecule is O=C1c2c(O)cccc2C(=O)c2c(Sc3ccccc3)ccc(O)c21. The van der Waals surface area contributed by atoms with E-state index in [9.17, 15) is 19.8 Å². The Morgan fingerprint density at radius 3 is 2.12 bits per heavy atom. The number of phenolic OH excluding ortho intramolecular Hbond substituents is 2. The maximum atomic E-state index is 13.0. The van der Waals surface area contributed by atoms with Crippen molar-refractivity contribution >= 4 is 23.3 Å². The Bertz CT molecular complexity index is 1030. The van der Waals surface area contributed by atoms with Crippen LogP contribution >= 0.6 is 11.8 Å². The minimum Gasteiger partial charge on any atom is -0.507 e. The van der Waals surface area contributed by atoms with Crippen LogP contribution in [0, 0.1) is 0 Å². The van der Waals surface area contributed by atoms with Crippen LogP contribution in [0.5, 0.6) is 11.5 Å². The van der Waals surface area contributed by atoms with Gasteiger partial charge in [-0.1, -0.05) is 42.1 Å². The van der Waals surface area contributed by atoms with Gasteiger partial charge in [-0.05, 0) is 30.3 Å². The molecule has 0 fully saturated rings. The number of fused-ring (bicyclic) bond motifs is 2. The molecule has 4 nitrogen and oxygen atoms in total. The standard InChI is InChI=1S/C20H12O4S/c21-13-8-4-7-12-16(13)20(24)17-14(22)9-10-15(18(17)19(12)23)25-11-5-2-1-3-6-11/h1-10,21-22H. The van der Waals surface area contributed by atoms with Crippen LogP contribution in [0.4, 0.5) is 0 Å². The Balaban J connectivity index is 1.93. The highest BCUT2D eigenvalue weighted by atomic mass is 32.2. The van der Waals surface area contributed by atoms with E-state index in [2.05, 4.69) is 0 Å². The second-order valence-corrected chi connectivity index (χ2v) is 6.72. The minimum atomic E-state index is -0.546. The normalized spacial score (nSPS) is 12.6. The maximum Gasteiger partial charge on any atom is 0.202 e. The molecule has 1 aliphatic carbocycles. The lowest BCUT2D eigenvalue weighted by atomic mass is 9.83. The summed E-state index contributed by atoms with van der Waals surface area (Å²) in [6.45, 7) is 0. The van der Waals surface area contributed by atoms with Gasteiger partial charge in [-0.3, -0.25) is 9.59 Å². The van der Waals surface area contributed by atoms with Crippen LogP contribution < -0.4 is 0 Å². The van der Waals surface area contributed by atoms with Crippen LogP contribution in [0.25, 0.3) is 0 Å². The molecule has 0 aromatic heterocycles. The molecule has 0 atom stereocenters. The van der Waals surface area contributed by atoms with E-state index in [1.807, 2.05) is 30.3 Å². The number of hydrogen-bond donors (Lipinski definition) is 2. The van der Waals surface area contributed by atoms with Gasteiger partial charge in [0.2, 0.25) is 5.78 Å². The van der Waals surface area contributed by atoms with Crippen LogP contribution in [0.2, 0.25) is 0 Å². The van der Waals surface area contributed by atoms with Gasteiger partial charge in [0.1, 0.15) is 11.5 Å². The fraction of sp³-hybridized carbons (Fsp3) is 0. The molecule has 0 heterocycles. The van der Waals surface area contributed by atoms with Gasteiger partial charge < -0.3 is 10.2 Å². The highest BCUT2D eigenvalue weighted by Crippen LogP contribution is 2.42. The number of carbonyl (C=O) groups excluding carboxylic acids is 2. The Morgan fingerprint density at radius 1 is 0.640 bits per heavy atom. The summed E-state index contributed by atoms with van der Waals surface area (Å²) < 4.78 is 0. The van der Waals surface area contributed by atoms with E-state index in [4.69, 9.17) is 0 Å². The Kier molecular flexibility index (Phi) is 3.58. The molecule has 1 aliphatic rings. The zero-order valence-corrected chi connectivity index (χ0v) is 13.7. The van der Waals surface area contributed by atoms with Crippen molar-refractivity contribution in [3.05, 3.63) is 82.9 Å². The summed E-state index contributed by atoms with van der Waals surface area (Å²) in [5, 5.41) is 20.2. The lowest BCUT2D eigenvalue weighted by Crippen LogP contribution is -2.22. The molecule has 3 aromatic rings. The number of benzene rings is 3. The highest BCUT2D eigenvalue weighted by Gasteiger charge is 2.36. The first-order valence-electron chi connectivity index (χ1n) is 7.58. The van der Waals surface area contributed by atoms with Gasteiger partial charge in [-0.15, -0.1) is 0 Å². The van der Waals surface area contributed by atoms with Gasteiger partial charge in [0, 0.05) is 15.4 Å². The highest BCUT2D eigenvalue weighted by molar-refractivity contribution is 7.99. The summed E-state index contributed by atoms with van der Waals surface area (Å²) >= 11 is 1.35. The van der Waals surface area contributed by atoms with Crippen molar-refractivity contribution in [2.75, 3.05) is 0 Å². The minimum absolute atomic E-state index is 0.0556. The molecule has 0 amide bonds. The predicted molar refractivity (Wildman–Crippen MR) is 93.6 cm³/mol. The largest absolute Gasteiger partial charge is 0.507 e. The van der Waals surface area contributed by atoms with E-state index >= 15 is 0 Å². The van der Waals surface area contributed by atoms with Crippen molar-refractivity contribution in [3.63, 3.8) is 0 Å². The van der Waals surface area contributed by atoms with Crippen LogP contribution in [0.15, 0.2) is 70.5 Å². The average molecular weight is 348 g/mol. The van der Waals surface area contributed by atoms with Crippen molar-refractivity contribution < 1.29 is 19.8 Å². The Hall–Kier alpha value is -3.05. The molecule has 0 radical (unpaired) electrons. The van der Waals surface area contributed by atoms with Gasteiger partial charge in [0.05, 0.1) is 16.7 Å². The first-order valence-corrected chi connectivity index (χ1v) is 8.40. The zero-order valence-electron chi connectivity index (χ0n) is 12.9. The van der Waals surface area contributed by atoms with Crippen LogP contribution in [0.1, 0.15) is 31.8 Å². The first-order chi connectivity index (χ1) is 12.1. The van der Waals surface area contributed by atoms with Gasteiger partial charge in [0.25, 0.3) is 0 Å². The lowest BCUT2D eigenvalue weighted by Gasteiger charge is -2.21. The van der Waals surface area contributed by atoms with E-state index in [0.29, 0.717) is 4.90 Å². The van der Waals surface area contributed by atoms with Gasteiger partial charge in [-0.2, -0.15) is 0 Å². The zero-order chi connectivity index (χ0) is 17.6.